The molecule has 1 amide bonds. The zero-order chi connectivity index (χ0) is 16.3. The Bertz CT molecular complexity index is 541. The molecule has 2 atom stereocenters. The quantitative estimate of drug-likeness (QED) is 0.846. The summed E-state index contributed by atoms with van der Waals surface area (Å²) in [5.41, 5.74) is 1.29. The predicted octanol–water partition coefficient (Wildman–Crippen LogP) is 3.22. The summed E-state index contributed by atoms with van der Waals surface area (Å²) in [6.45, 7) is 6.67. The second-order valence-electron chi connectivity index (χ2n) is 6.07. The van der Waals surface area contributed by atoms with E-state index in [1.165, 1.54) is 17.3 Å². The molecule has 1 N–H and O–H groups in total. The van der Waals surface area contributed by atoms with Crippen molar-refractivity contribution in [3.63, 3.8) is 0 Å². The number of hydrogen-bond donors (Lipinski definition) is 1. The topological polar surface area (TPSA) is 57.6 Å². The summed E-state index contributed by atoms with van der Waals surface area (Å²) in [5, 5.41) is 9.12. The van der Waals surface area contributed by atoms with Crippen LogP contribution in [0.3, 0.4) is 0 Å². The van der Waals surface area contributed by atoms with Gasteiger partial charge in [0.2, 0.25) is 5.91 Å². The van der Waals surface area contributed by atoms with Crippen LogP contribution in [0.2, 0.25) is 0 Å². The van der Waals surface area contributed by atoms with E-state index < -0.39 is 11.9 Å². The molecule has 1 heterocycles. The van der Waals surface area contributed by atoms with Crippen LogP contribution in [0.25, 0.3) is 0 Å². The molecule has 4 nitrogen and oxygen atoms in total. The standard InChI is InChI=1S/C17H23NO3S/c1-11(2)13-4-6-14(7-5-13)22-10-16(19)18-9-8-15(12(18)3)17(20)21/h4-7,11-12,15H,8-10H2,1-3H3,(H,20,21). The Morgan fingerprint density at radius 3 is 2.45 bits per heavy atom. The molecule has 2 rings (SSSR count). The van der Waals surface area contributed by atoms with Crippen molar-refractivity contribution in [2.75, 3.05) is 12.3 Å². The second-order valence-corrected chi connectivity index (χ2v) is 7.12. The van der Waals surface area contributed by atoms with Gasteiger partial charge in [0.05, 0.1) is 11.7 Å². The van der Waals surface area contributed by atoms with Gasteiger partial charge in [-0.3, -0.25) is 9.59 Å². The molecule has 0 aliphatic carbocycles. The number of carboxylic acid groups (broad SMARTS) is 1. The predicted molar refractivity (Wildman–Crippen MR) is 88.2 cm³/mol. The molecule has 1 saturated heterocycles. The van der Waals surface area contributed by atoms with Gasteiger partial charge in [-0.05, 0) is 37.0 Å². The normalized spacial score (nSPS) is 21.4. The Labute approximate surface area is 135 Å². The highest BCUT2D eigenvalue weighted by Gasteiger charge is 2.37. The molecule has 1 aliphatic heterocycles. The summed E-state index contributed by atoms with van der Waals surface area (Å²) in [6, 6.07) is 8.06. The lowest BCUT2D eigenvalue weighted by Gasteiger charge is -2.23. The van der Waals surface area contributed by atoms with E-state index in [4.69, 9.17) is 5.11 Å². The summed E-state index contributed by atoms with van der Waals surface area (Å²) in [5.74, 6) is -0.357. The maximum absolute atomic E-state index is 12.3. The Kier molecular flexibility index (Phi) is 5.51. The van der Waals surface area contributed by atoms with Gasteiger partial charge in [0.25, 0.3) is 0 Å². The fourth-order valence-corrected chi connectivity index (χ4v) is 3.58. The van der Waals surface area contributed by atoms with E-state index in [9.17, 15) is 9.59 Å². The minimum Gasteiger partial charge on any atom is -0.481 e. The van der Waals surface area contributed by atoms with E-state index in [0.717, 1.165) is 4.90 Å². The van der Waals surface area contributed by atoms with Crippen molar-refractivity contribution in [1.29, 1.82) is 0 Å². The van der Waals surface area contributed by atoms with Crippen LogP contribution >= 0.6 is 11.8 Å². The highest BCUT2D eigenvalue weighted by atomic mass is 32.2. The van der Waals surface area contributed by atoms with Crippen molar-refractivity contribution >= 4 is 23.6 Å². The first-order valence-electron chi connectivity index (χ1n) is 7.65. The summed E-state index contributed by atoms with van der Waals surface area (Å²) < 4.78 is 0. The number of benzene rings is 1. The molecular weight excluding hydrogens is 298 g/mol. The van der Waals surface area contributed by atoms with Crippen molar-refractivity contribution in [3.05, 3.63) is 29.8 Å². The lowest BCUT2D eigenvalue weighted by atomic mass is 10.0. The van der Waals surface area contributed by atoms with Gasteiger partial charge in [-0.25, -0.2) is 0 Å². The summed E-state index contributed by atoms with van der Waals surface area (Å²) in [6.07, 6.45) is 0.552. The van der Waals surface area contributed by atoms with Crippen LogP contribution in [-0.4, -0.2) is 40.2 Å². The third-order valence-corrected chi connectivity index (χ3v) is 5.30. The second kappa shape index (κ2) is 7.18. The van der Waals surface area contributed by atoms with Crippen molar-refractivity contribution in [1.82, 2.24) is 4.90 Å². The number of rotatable bonds is 5. The van der Waals surface area contributed by atoms with Crippen LogP contribution < -0.4 is 0 Å². The van der Waals surface area contributed by atoms with E-state index in [-0.39, 0.29) is 11.9 Å². The van der Waals surface area contributed by atoms with Crippen LogP contribution in [0.4, 0.5) is 0 Å². The number of likely N-dealkylation sites (tertiary alicyclic amines) is 1. The fourth-order valence-electron chi connectivity index (χ4n) is 2.80. The molecule has 0 saturated carbocycles. The van der Waals surface area contributed by atoms with Gasteiger partial charge in [-0.1, -0.05) is 26.0 Å². The smallest absolute Gasteiger partial charge is 0.308 e. The van der Waals surface area contributed by atoms with Gasteiger partial charge < -0.3 is 10.0 Å². The first kappa shape index (κ1) is 16.9. The molecular formula is C17H23NO3S. The zero-order valence-electron chi connectivity index (χ0n) is 13.3. The van der Waals surface area contributed by atoms with Gasteiger partial charge in [-0.15, -0.1) is 11.8 Å². The fraction of sp³-hybridized carbons (Fsp3) is 0.529. The van der Waals surface area contributed by atoms with Gasteiger partial charge in [0, 0.05) is 17.5 Å². The molecule has 1 aromatic rings. The Balaban J connectivity index is 1.89. The first-order valence-corrected chi connectivity index (χ1v) is 8.63. The molecule has 120 valence electrons. The maximum atomic E-state index is 12.3. The molecule has 1 fully saturated rings. The van der Waals surface area contributed by atoms with Crippen LogP contribution in [-0.2, 0) is 9.59 Å². The van der Waals surface area contributed by atoms with E-state index in [1.807, 2.05) is 19.1 Å². The number of carboxylic acids is 1. The highest BCUT2D eigenvalue weighted by molar-refractivity contribution is 8.00. The lowest BCUT2D eigenvalue weighted by molar-refractivity contribution is -0.142. The SMILES string of the molecule is CC(C)c1ccc(SCC(=O)N2CCC(C(=O)O)C2C)cc1. The monoisotopic (exact) mass is 321 g/mol. The Morgan fingerprint density at radius 1 is 1.32 bits per heavy atom. The van der Waals surface area contributed by atoms with Gasteiger partial charge in [0.15, 0.2) is 0 Å². The van der Waals surface area contributed by atoms with Crippen molar-refractivity contribution < 1.29 is 14.7 Å². The number of aliphatic carboxylic acids is 1. The first-order chi connectivity index (χ1) is 10.4. The molecule has 5 heteroatoms. The van der Waals surface area contributed by atoms with Gasteiger partial charge in [0.1, 0.15) is 0 Å². The van der Waals surface area contributed by atoms with Gasteiger partial charge in [-0.2, -0.15) is 0 Å². The van der Waals surface area contributed by atoms with Crippen molar-refractivity contribution in [2.24, 2.45) is 5.92 Å². The molecule has 1 aromatic carbocycles. The summed E-state index contributed by atoms with van der Waals surface area (Å²) in [7, 11) is 0. The number of thioether (sulfide) groups is 1. The molecule has 22 heavy (non-hydrogen) atoms. The molecule has 0 spiro atoms. The van der Waals surface area contributed by atoms with Crippen LogP contribution in [0, 0.1) is 5.92 Å². The van der Waals surface area contributed by atoms with Crippen molar-refractivity contribution in [3.8, 4) is 0 Å². The minimum absolute atomic E-state index is 0.0224. The molecule has 0 aromatic heterocycles. The number of carbonyl (C=O) groups is 2. The number of nitrogens with zero attached hydrogens (tertiary/aromatic N) is 1. The molecule has 1 aliphatic rings. The molecule has 2 unspecified atom stereocenters. The van der Waals surface area contributed by atoms with E-state index >= 15 is 0 Å². The van der Waals surface area contributed by atoms with Crippen LogP contribution in [0.15, 0.2) is 29.2 Å². The number of amides is 1. The lowest BCUT2D eigenvalue weighted by Crippen LogP contribution is -2.38. The van der Waals surface area contributed by atoms with Gasteiger partial charge >= 0.3 is 5.97 Å². The minimum atomic E-state index is -0.806. The average molecular weight is 321 g/mol. The van der Waals surface area contributed by atoms with Crippen molar-refractivity contribution in [2.45, 2.75) is 44.0 Å². The largest absolute Gasteiger partial charge is 0.481 e. The maximum Gasteiger partial charge on any atom is 0.308 e. The Morgan fingerprint density at radius 2 is 1.95 bits per heavy atom. The van der Waals surface area contributed by atoms with Crippen LogP contribution in [0.1, 0.15) is 38.7 Å². The highest BCUT2D eigenvalue weighted by Crippen LogP contribution is 2.27. The van der Waals surface area contributed by atoms with E-state index in [0.29, 0.717) is 24.6 Å². The van der Waals surface area contributed by atoms with E-state index in [1.54, 1.807) is 4.90 Å². The molecule has 0 bridgehead atoms. The Hall–Kier alpha value is -1.49. The molecule has 0 radical (unpaired) electrons. The zero-order valence-corrected chi connectivity index (χ0v) is 14.1. The van der Waals surface area contributed by atoms with Crippen LogP contribution in [0.5, 0.6) is 0 Å². The summed E-state index contributed by atoms with van der Waals surface area (Å²) >= 11 is 1.51. The number of carbonyl (C=O) groups excluding carboxylic acids is 1. The average Bonchev–Trinajstić information content (AvgIpc) is 2.87. The third-order valence-electron chi connectivity index (χ3n) is 4.30. The van der Waals surface area contributed by atoms with E-state index in [2.05, 4.69) is 26.0 Å². The summed E-state index contributed by atoms with van der Waals surface area (Å²) in [4.78, 5) is 26.2. The third kappa shape index (κ3) is 3.83. The number of hydrogen-bond acceptors (Lipinski definition) is 3.